The molecular weight excluding hydrogens is 765 g/mol. The van der Waals surface area contributed by atoms with Gasteiger partial charge in [0.05, 0.1) is 18.6 Å². The zero-order valence-electron chi connectivity index (χ0n) is 32.0. The third kappa shape index (κ3) is 5.86. The number of hydrogen-bond acceptors (Lipinski definition) is 6. The molecule has 4 nitrogen and oxygen atoms in total. The first kappa shape index (κ1) is 35.8. The highest BCUT2D eigenvalue weighted by Gasteiger charge is 2.38. The minimum Gasteiger partial charge on any atom is -0.491 e. The van der Waals surface area contributed by atoms with Crippen LogP contribution in [0.1, 0.15) is 22.3 Å². The number of hydrogen-bond donors (Lipinski definition) is 2. The maximum absolute atomic E-state index is 9.84. The van der Waals surface area contributed by atoms with Crippen molar-refractivity contribution >= 4 is 65.8 Å². The number of rotatable bonds is 10. The second-order valence-electron chi connectivity index (χ2n) is 15.1. The molecule has 11 rings (SSSR count). The molecule has 9 aromatic rings. The molecule has 0 saturated heterocycles. The lowest BCUT2D eigenvalue weighted by molar-refractivity contribution is 0.202. The fourth-order valence-electron chi connectivity index (χ4n) is 9.16. The third-order valence-corrected chi connectivity index (χ3v) is 14.1. The Hall–Kier alpha value is -6.28. The van der Waals surface area contributed by atoms with Gasteiger partial charge in [-0.3, -0.25) is 0 Å². The van der Waals surface area contributed by atoms with E-state index in [-0.39, 0.29) is 26.4 Å². The van der Waals surface area contributed by atoms with Crippen molar-refractivity contribution in [3.05, 3.63) is 190 Å². The summed E-state index contributed by atoms with van der Waals surface area (Å²) >= 11 is 3.50. The Bertz CT molecular complexity index is 3080. The zero-order valence-corrected chi connectivity index (χ0v) is 33.7. The first-order chi connectivity index (χ1) is 29.1. The molecule has 0 unspecified atom stereocenters. The van der Waals surface area contributed by atoms with E-state index in [0.29, 0.717) is 0 Å². The Balaban J connectivity index is 1.19. The van der Waals surface area contributed by atoms with Gasteiger partial charge in [0.1, 0.15) is 24.7 Å². The standard InChI is InChI=1S/C53H38O4S2/c54-24-26-56-47-21-16-36(30-44(47)51-28-34-9-2-5-13-49(34)58-51)53(37-17-22-48(57-27-25-55)45(31-37)52-29-35-10-3-6-14-50(35)59-52)23-7-12-41-43-32-42-38-11-4-1-8-33(38)15-18-39(42)40(43)19-20-46(41)53/h1-23,28-32,54-55H,24-27H2. The fraction of sp³-hybridized carbons (Fsp3) is 0.0943. The number of aliphatic hydroxyl groups excluding tert-OH is 2. The molecule has 2 aliphatic carbocycles. The molecule has 0 amide bonds. The molecule has 286 valence electrons. The summed E-state index contributed by atoms with van der Waals surface area (Å²) in [6.07, 6.45) is 9.22. The van der Waals surface area contributed by atoms with Crippen molar-refractivity contribution in [2.24, 2.45) is 0 Å². The molecule has 0 aliphatic heterocycles. The van der Waals surface area contributed by atoms with Gasteiger partial charge in [-0.25, -0.2) is 0 Å². The molecule has 2 heterocycles. The first-order valence-electron chi connectivity index (χ1n) is 19.9. The van der Waals surface area contributed by atoms with Gasteiger partial charge >= 0.3 is 0 Å². The predicted octanol–water partition coefficient (Wildman–Crippen LogP) is 10.8. The minimum absolute atomic E-state index is 0.0754. The predicted molar refractivity (Wildman–Crippen MR) is 245 cm³/mol. The molecule has 59 heavy (non-hydrogen) atoms. The van der Waals surface area contributed by atoms with E-state index < -0.39 is 5.41 Å². The Labute approximate surface area is 349 Å². The summed E-state index contributed by atoms with van der Waals surface area (Å²) < 4.78 is 15.0. The summed E-state index contributed by atoms with van der Waals surface area (Å²) in [5, 5.41) is 27.0. The van der Waals surface area contributed by atoms with Gasteiger partial charge in [-0.15, -0.1) is 22.7 Å². The highest BCUT2D eigenvalue weighted by molar-refractivity contribution is 7.22. The van der Waals surface area contributed by atoms with Crippen LogP contribution in [0.3, 0.4) is 0 Å². The largest absolute Gasteiger partial charge is 0.491 e. The van der Waals surface area contributed by atoms with Crippen molar-refractivity contribution < 1.29 is 19.7 Å². The number of allylic oxidation sites excluding steroid dienone is 2. The summed E-state index contributed by atoms with van der Waals surface area (Å²) in [5.41, 5.74) is 8.37. The summed E-state index contributed by atoms with van der Waals surface area (Å²) in [5.74, 6) is 1.47. The van der Waals surface area contributed by atoms with Gasteiger partial charge in [0.2, 0.25) is 0 Å². The lowest BCUT2D eigenvalue weighted by atomic mass is 9.66. The van der Waals surface area contributed by atoms with Crippen molar-refractivity contribution in [1.29, 1.82) is 0 Å². The normalized spacial score (nSPS) is 13.5. The Morgan fingerprint density at radius 2 is 1.08 bits per heavy atom. The lowest BCUT2D eigenvalue weighted by Crippen LogP contribution is -2.41. The summed E-state index contributed by atoms with van der Waals surface area (Å²) in [7, 11) is 0. The summed E-state index contributed by atoms with van der Waals surface area (Å²) in [6, 6.07) is 52.3. The molecule has 6 heteroatoms. The highest BCUT2D eigenvalue weighted by Crippen LogP contribution is 2.48. The number of benzene rings is 7. The molecule has 0 spiro atoms. The number of fused-ring (bicyclic) bond motifs is 9. The van der Waals surface area contributed by atoms with E-state index in [1.54, 1.807) is 22.7 Å². The van der Waals surface area contributed by atoms with Crippen LogP contribution >= 0.6 is 22.7 Å². The Morgan fingerprint density at radius 1 is 0.508 bits per heavy atom. The van der Waals surface area contributed by atoms with Crippen LogP contribution in [0.25, 0.3) is 75.1 Å². The quantitative estimate of drug-likeness (QED) is 0.145. The average Bonchev–Trinajstić information content (AvgIpc) is 4.03. The molecule has 7 aromatic carbocycles. The number of ether oxygens (including phenoxy) is 2. The van der Waals surface area contributed by atoms with Crippen LogP contribution < -0.4 is 19.9 Å². The van der Waals surface area contributed by atoms with E-state index in [0.717, 1.165) is 43.5 Å². The Morgan fingerprint density at radius 3 is 1.69 bits per heavy atom. The summed E-state index contributed by atoms with van der Waals surface area (Å²) in [6.45, 7) is 0.248. The van der Waals surface area contributed by atoms with E-state index in [1.165, 1.54) is 63.6 Å². The van der Waals surface area contributed by atoms with Gasteiger partial charge in [-0.2, -0.15) is 0 Å². The number of thiophene rings is 2. The van der Waals surface area contributed by atoms with E-state index in [4.69, 9.17) is 9.47 Å². The molecule has 0 radical (unpaired) electrons. The average molecular weight is 803 g/mol. The smallest absolute Gasteiger partial charge is 0.128 e. The third-order valence-electron chi connectivity index (χ3n) is 11.8. The van der Waals surface area contributed by atoms with Crippen LogP contribution in [0.4, 0.5) is 0 Å². The van der Waals surface area contributed by atoms with Crippen LogP contribution in [0, 0.1) is 0 Å². The van der Waals surface area contributed by atoms with Crippen molar-refractivity contribution in [2.75, 3.05) is 26.4 Å². The molecule has 0 fully saturated rings. The molecule has 2 N–H and O–H groups in total. The SMILES string of the molecule is OCCOc1ccc(C2(c3ccc(OCCO)c(-c4cc5ccccc5s4)c3)C=CC=c3c2ccc2c3=Cc3c-2ccc2ccccc32)cc1-c1cc2ccccc2s1. The van der Waals surface area contributed by atoms with E-state index in [9.17, 15) is 10.2 Å². The highest BCUT2D eigenvalue weighted by atomic mass is 32.1. The van der Waals surface area contributed by atoms with Crippen molar-refractivity contribution in [3.63, 3.8) is 0 Å². The topological polar surface area (TPSA) is 58.9 Å². The van der Waals surface area contributed by atoms with Gasteiger partial charge in [-0.05, 0) is 120 Å². The fourth-order valence-corrected chi connectivity index (χ4v) is 11.3. The van der Waals surface area contributed by atoms with Gasteiger partial charge in [-0.1, -0.05) is 115 Å². The minimum atomic E-state index is -0.730. The van der Waals surface area contributed by atoms with Crippen molar-refractivity contribution in [1.82, 2.24) is 0 Å². The van der Waals surface area contributed by atoms with Crippen LogP contribution in [0.5, 0.6) is 11.5 Å². The molecule has 2 aliphatic rings. The summed E-state index contributed by atoms with van der Waals surface area (Å²) in [4.78, 5) is 2.21. The molecule has 0 bridgehead atoms. The zero-order chi connectivity index (χ0) is 39.5. The van der Waals surface area contributed by atoms with Crippen molar-refractivity contribution in [2.45, 2.75) is 5.41 Å². The van der Waals surface area contributed by atoms with Gasteiger partial charge in [0, 0.05) is 30.3 Å². The Kier molecular flexibility index (Phi) is 8.82. The maximum Gasteiger partial charge on any atom is 0.128 e. The van der Waals surface area contributed by atoms with Gasteiger partial charge < -0.3 is 19.7 Å². The molecular formula is C53H38O4S2. The molecule has 0 atom stereocenters. The monoisotopic (exact) mass is 802 g/mol. The maximum atomic E-state index is 9.84. The van der Waals surface area contributed by atoms with Crippen LogP contribution in [0.15, 0.2) is 158 Å². The van der Waals surface area contributed by atoms with E-state index in [1.807, 2.05) is 0 Å². The van der Waals surface area contributed by atoms with E-state index >= 15 is 0 Å². The van der Waals surface area contributed by atoms with Gasteiger partial charge in [0.15, 0.2) is 0 Å². The molecule has 0 saturated carbocycles. The van der Waals surface area contributed by atoms with Crippen LogP contribution in [-0.2, 0) is 5.41 Å². The van der Waals surface area contributed by atoms with Crippen LogP contribution in [-0.4, -0.2) is 36.6 Å². The number of aliphatic hydroxyl groups is 2. The van der Waals surface area contributed by atoms with Gasteiger partial charge in [0.25, 0.3) is 0 Å². The second kappa shape index (κ2) is 14.5. The van der Waals surface area contributed by atoms with Crippen molar-refractivity contribution in [3.8, 4) is 43.5 Å². The van der Waals surface area contributed by atoms with Crippen LogP contribution in [0.2, 0.25) is 0 Å². The van der Waals surface area contributed by atoms with E-state index in [2.05, 4.69) is 170 Å². The first-order valence-corrected chi connectivity index (χ1v) is 21.6. The second-order valence-corrected chi connectivity index (χ2v) is 17.2. The lowest BCUT2D eigenvalue weighted by Gasteiger charge is -2.36. The molecule has 2 aromatic heterocycles.